The maximum Gasteiger partial charge on any atom is 0.276 e. The van der Waals surface area contributed by atoms with Crippen molar-refractivity contribution in [2.24, 2.45) is 5.92 Å². The van der Waals surface area contributed by atoms with E-state index < -0.39 is 15.9 Å². The quantitative estimate of drug-likeness (QED) is 0.453. The average molecular weight is 503 g/mol. The second kappa shape index (κ2) is 8.61. The van der Waals surface area contributed by atoms with Crippen molar-refractivity contribution in [1.29, 1.82) is 0 Å². The van der Waals surface area contributed by atoms with E-state index in [0.29, 0.717) is 18.6 Å². The largest absolute Gasteiger partial charge is 0.316 e. The zero-order valence-electron chi connectivity index (χ0n) is 19.1. The summed E-state index contributed by atoms with van der Waals surface area (Å²) in [7, 11) is -3.78. The lowest BCUT2D eigenvalue weighted by molar-refractivity contribution is 0.102. The van der Waals surface area contributed by atoms with Gasteiger partial charge in [-0.3, -0.25) is 19.6 Å². The number of hydrogen-bond acceptors (Lipinski definition) is 7. The molecule has 4 aromatic rings. The fourth-order valence-corrected chi connectivity index (χ4v) is 6.95. The number of para-hydroxylation sites is 1. The highest BCUT2D eigenvalue weighted by atomic mass is 32.2. The monoisotopic (exact) mass is 502 g/mol. The topological polar surface area (TPSA) is 127 Å². The third-order valence-electron chi connectivity index (χ3n) is 6.83. The van der Waals surface area contributed by atoms with Crippen LogP contribution in [0.5, 0.6) is 0 Å². The molecule has 3 aromatic heterocycles. The average Bonchev–Trinajstić information content (AvgIpc) is 2.90. The molecule has 10 nitrogen and oxygen atoms in total. The molecular formula is C25H22N6O4S. The van der Waals surface area contributed by atoms with E-state index in [-0.39, 0.29) is 40.2 Å². The molecule has 2 aliphatic rings. The number of pyridine rings is 2. The Balaban J connectivity index is 1.30. The molecule has 6 rings (SSSR count). The smallest absolute Gasteiger partial charge is 0.276 e. The normalized spacial score (nSPS) is 19.6. The van der Waals surface area contributed by atoms with Crippen molar-refractivity contribution in [1.82, 2.24) is 23.8 Å². The van der Waals surface area contributed by atoms with Crippen molar-refractivity contribution in [3.05, 3.63) is 89.0 Å². The Labute approximate surface area is 206 Å². The van der Waals surface area contributed by atoms with Gasteiger partial charge in [0.1, 0.15) is 16.3 Å². The van der Waals surface area contributed by atoms with E-state index in [2.05, 4.69) is 20.3 Å². The highest BCUT2D eigenvalue weighted by molar-refractivity contribution is 7.89. The number of piperidine rings is 1. The second-order valence-corrected chi connectivity index (χ2v) is 11.0. The summed E-state index contributed by atoms with van der Waals surface area (Å²) in [6, 6.07) is 12.2. The molecule has 1 aromatic carbocycles. The number of sulfonamides is 1. The molecule has 11 heteroatoms. The Bertz CT molecular complexity index is 1650. The first-order valence-electron chi connectivity index (χ1n) is 11.6. The van der Waals surface area contributed by atoms with E-state index in [9.17, 15) is 18.0 Å². The molecule has 0 spiro atoms. The van der Waals surface area contributed by atoms with Crippen LogP contribution in [0.1, 0.15) is 28.5 Å². The molecule has 5 heterocycles. The predicted molar refractivity (Wildman–Crippen MR) is 132 cm³/mol. The van der Waals surface area contributed by atoms with E-state index in [1.54, 1.807) is 41.1 Å². The fourth-order valence-electron chi connectivity index (χ4n) is 5.22. The van der Waals surface area contributed by atoms with Crippen LogP contribution in [-0.2, 0) is 16.6 Å². The molecule has 1 N–H and O–H groups in total. The van der Waals surface area contributed by atoms with Crippen LogP contribution in [0.15, 0.2) is 76.9 Å². The Morgan fingerprint density at radius 1 is 0.972 bits per heavy atom. The number of fused-ring (bicyclic) bond motifs is 5. The van der Waals surface area contributed by atoms with Crippen LogP contribution in [0, 0.1) is 5.92 Å². The maximum absolute atomic E-state index is 13.7. The molecule has 1 saturated heterocycles. The number of carbonyl (C=O) groups is 1. The van der Waals surface area contributed by atoms with Gasteiger partial charge in [0, 0.05) is 55.2 Å². The zero-order valence-corrected chi connectivity index (χ0v) is 19.9. The van der Waals surface area contributed by atoms with E-state index in [4.69, 9.17) is 0 Å². The summed E-state index contributed by atoms with van der Waals surface area (Å²) < 4.78 is 30.5. The van der Waals surface area contributed by atoms with E-state index in [1.165, 1.54) is 22.9 Å². The highest BCUT2D eigenvalue weighted by Gasteiger charge is 2.40. The Kier molecular flexibility index (Phi) is 5.38. The van der Waals surface area contributed by atoms with E-state index in [1.807, 2.05) is 12.1 Å². The van der Waals surface area contributed by atoms with Crippen molar-refractivity contribution in [2.45, 2.75) is 23.8 Å². The van der Waals surface area contributed by atoms with E-state index >= 15 is 0 Å². The minimum absolute atomic E-state index is 0.0300. The van der Waals surface area contributed by atoms with Gasteiger partial charge in [-0.2, -0.15) is 4.31 Å². The Hall–Kier alpha value is -3.96. The molecule has 1 fully saturated rings. The number of carbonyl (C=O) groups excluding carboxylic acids is 1. The predicted octanol–water partition coefficient (Wildman–Crippen LogP) is 2.25. The first kappa shape index (κ1) is 22.5. The lowest BCUT2D eigenvalue weighted by Gasteiger charge is -2.42. The molecule has 0 radical (unpaired) electrons. The molecule has 0 aliphatic carbocycles. The Morgan fingerprint density at radius 2 is 1.83 bits per heavy atom. The van der Waals surface area contributed by atoms with Gasteiger partial charge in [-0.05, 0) is 36.6 Å². The minimum atomic E-state index is -3.78. The van der Waals surface area contributed by atoms with Crippen LogP contribution < -0.4 is 10.9 Å². The van der Waals surface area contributed by atoms with Gasteiger partial charge in [-0.15, -0.1) is 0 Å². The number of aromatic nitrogens is 4. The van der Waals surface area contributed by atoms with Crippen LogP contribution >= 0.6 is 0 Å². The molecule has 0 unspecified atom stereocenters. The van der Waals surface area contributed by atoms with Crippen LogP contribution in [-0.4, -0.2) is 51.2 Å². The SMILES string of the molecule is O=C(Nc1ccc2n(c1=O)C[C@H]1C[C@@H]2CN(S(=O)(=O)c2cccc3cccnc23)C1)c1cnccn1. The molecule has 182 valence electrons. The molecule has 2 bridgehead atoms. The molecule has 0 saturated carbocycles. The number of nitrogens with zero attached hydrogens (tertiary/aromatic N) is 5. The van der Waals surface area contributed by atoms with Crippen LogP contribution in [0.4, 0.5) is 5.69 Å². The standard InChI is InChI=1S/C25H22N6O4S/c32-24(20-12-26-9-10-27-20)29-19-6-7-21-18-11-16(14-31(21)25(19)33)13-30(15-18)36(34,35)22-5-1-3-17-4-2-8-28-23(17)22/h1-10,12,16,18H,11,13-15H2,(H,29,32)/t16-,18+/m0/s1. The van der Waals surface area contributed by atoms with Gasteiger partial charge < -0.3 is 9.88 Å². The minimum Gasteiger partial charge on any atom is -0.316 e. The van der Waals surface area contributed by atoms with Gasteiger partial charge in [0.2, 0.25) is 10.0 Å². The van der Waals surface area contributed by atoms with Gasteiger partial charge >= 0.3 is 0 Å². The summed E-state index contributed by atoms with van der Waals surface area (Å²) in [5, 5.41) is 3.39. The van der Waals surface area contributed by atoms with Gasteiger partial charge in [0.05, 0.1) is 11.7 Å². The third kappa shape index (κ3) is 3.76. The summed E-state index contributed by atoms with van der Waals surface area (Å²) in [5.41, 5.74) is 1.18. The maximum atomic E-state index is 13.7. The van der Waals surface area contributed by atoms with Gasteiger partial charge in [0.25, 0.3) is 11.5 Å². The van der Waals surface area contributed by atoms with Gasteiger partial charge in [0.15, 0.2) is 0 Å². The first-order chi connectivity index (χ1) is 17.4. The number of hydrogen-bond donors (Lipinski definition) is 1. The summed E-state index contributed by atoms with van der Waals surface area (Å²) in [6.45, 7) is 0.955. The lowest BCUT2D eigenvalue weighted by atomic mass is 9.84. The number of rotatable bonds is 4. The van der Waals surface area contributed by atoms with Crippen LogP contribution in [0.2, 0.25) is 0 Å². The van der Waals surface area contributed by atoms with Gasteiger partial charge in [-0.1, -0.05) is 18.2 Å². The molecular weight excluding hydrogens is 480 g/mol. The molecule has 2 atom stereocenters. The van der Waals surface area contributed by atoms with Crippen molar-refractivity contribution in [3.8, 4) is 0 Å². The third-order valence-corrected chi connectivity index (χ3v) is 8.69. The number of benzene rings is 1. The summed E-state index contributed by atoms with van der Waals surface area (Å²) in [6.07, 6.45) is 6.59. The van der Waals surface area contributed by atoms with Crippen molar-refractivity contribution in [3.63, 3.8) is 0 Å². The zero-order chi connectivity index (χ0) is 24.9. The molecule has 1 amide bonds. The van der Waals surface area contributed by atoms with Crippen molar-refractivity contribution >= 4 is 32.5 Å². The number of anilines is 1. The number of nitrogens with one attached hydrogen (secondary N) is 1. The fraction of sp³-hybridized carbons (Fsp3) is 0.240. The van der Waals surface area contributed by atoms with Crippen molar-refractivity contribution in [2.75, 3.05) is 18.4 Å². The first-order valence-corrected chi connectivity index (χ1v) is 13.0. The van der Waals surface area contributed by atoms with Crippen LogP contribution in [0.3, 0.4) is 0 Å². The molecule has 36 heavy (non-hydrogen) atoms. The summed E-state index contributed by atoms with van der Waals surface area (Å²) in [5.74, 6) is -0.678. The highest BCUT2D eigenvalue weighted by Crippen LogP contribution is 2.38. The summed E-state index contributed by atoms with van der Waals surface area (Å²) >= 11 is 0. The second-order valence-electron chi connectivity index (χ2n) is 9.08. The molecule has 2 aliphatic heterocycles. The lowest BCUT2D eigenvalue weighted by Crippen LogP contribution is -2.49. The van der Waals surface area contributed by atoms with E-state index in [0.717, 1.165) is 17.5 Å². The Morgan fingerprint density at radius 3 is 2.67 bits per heavy atom. The van der Waals surface area contributed by atoms with Gasteiger partial charge in [-0.25, -0.2) is 13.4 Å². The van der Waals surface area contributed by atoms with Crippen LogP contribution in [0.25, 0.3) is 10.9 Å². The van der Waals surface area contributed by atoms with Crippen molar-refractivity contribution < 1.29 is 13.2 Å². The summed E-state index contributed by atoms with van der Waals surface area (Å²) in [4.78, 5) is 38.1. The number of amides is 1.